The Balaban J connectivity index is 1.33. The molecule has 0 spiro atoms. The average molecular weight is 533 g/mol. The number of benzene rings is 3. The molecule has 0 aliphatic carbocycles. The monoisotopic (exact) mass is 532 g/mol. The van der Waals surface area contributed by atoms with Crippen molar-refractivity contribution in [1.82, 2.24) is 5.01 Å². The third-order valence-corrected chi connectivity index (χ3v) is 7.58. The Kier molecular flexibility index (Phi) is 7.30. The highest BCUT2D eigenvalue weighted by molar-refractivity contribution is 8.15. The van der Waals surface area contributed by atoms with E-state index < -0.39 is 5.25 Å². The lowest BCUT2D eigenvalue weighted by atomic mass is 9.98. The van der Waals surface area contributed by atoms with Crippen molar-refractivity contribution in [3.63, 3.8) is 0 Å². The van der Waals surface area contributed by atoms with Gasteiger partial charge in [-0.3, -0.25) is 9.59 Å². The molecule has 2 aliphatic rings. The fourth-order valence-corrected chi connectivity index (χ4v) is 5.50. The van der Waals surface area contributed by atoms with E-state index >= 15 is 0 Å². The summed E-state index contributed by atoms with van der Waals surface area (Å²) in [5.74, 6) is 0.0980. The lowest BCUT2D eigenvalue weighted by molar-refractivity contribution is -0.121. The van der Waals surface area contributed by atoms with Crippen molar-refractivity contribution < 1.29 is 14.3 Å². The van der Waals surface area contributed by atoms with E-state index in [1.165, 1.54) is 17.3 Å². The van der Waals surface area contributed by atoms with Crippen molar-refractivity contribution in [3.05, 3.63) is 94.5 Å². The molecule has 0 unspecified atom stereocenters. The van der Waals surface area contributed by atoms with Gasteiger partial charge < -0.3 is 10.1 Å². The number of thioether (sulfide) groups is 1. The molecule has 0 radical (unpaired) electrons. The van der Waals surface area contributed by atoms with E-state index in [1.54, 1.807) is 36.4 Å². The molecule has 188 valence electrons. The summed E-state index contributed by atoms with van der Waals surface area (Å²) >= 11 is 7.56. The maximum absolute atomic E-state index is 12.8. The molecule has 3 aromatic carbocycles. The van der Waals surface area contributed by atoms with E-state index in [2.05, 4.69) is 22.4 Å². The van der Waals surface area contributed by atoms with Gasteiger partial charge in [0.1, 0.15) is 11.0 Å². The first-order valence-electron chi connectivity index (χ1n) is 11.8. The molecule has 37 heavy (non-hydrogen) atoms. The van der Waals surface area contributed by atoms with Crippen LogP contribution in [0.25, 0.3) is 0 Å². The summed E-state index contributed by atoms with van der Waals surface area (Å²) in [5.41, 5.74) is 4.71. The predicted octanol–water partition coefficient (Wildman–Crippen LogP) is 5.83. The summed E-state index contributed by atoms with van der Waals surface area (Å²) in [4.78, 5) is 29.8. The van der Waals surface area contributed by atoms with E-state index in [4.69, 9.17) is 21.4 Å². The number of aryl methyl sites for hydroxylation is 1. The number of amidine groups is 1. The van der Waals surface area contributed by atoms with Crippen LogP contribution in [0, 0.1) is 6.92 Å². The molecule has 5 rings (SSSR count). The molecular formula is C28H25ClN4O3S. The minimum atomic E-state index is -0.619. The van der Waals surface area contributed by atoms with Gasteiger partial charge in [-0.1, -0.05) is 65.3 Å². The Labute approximate surface area is 224 Å². The first-order chi connectivity index (χ1) is 17.9. The number of hydrazone groups is 1. The van der Waals surface area contributed by atoms with Crippen LogP contribution in [0.5, 0.6) is 5.75 Å². The highest BCUT2D eigenvalue weighted by Crippen LogP contribution is 2.39. The number of carbonyl (C=O) groups excluding carboxylic acids is 2. The topological polar surface area (TPSA) is 83.4 Å². The first kappa shape index (κ1) is 25.0. The van der Waals surface area contributed by atoms with Crippen LogP contribution < -0.4 is 10.1 Å². The maximum Gasteiger partial charge on any atom is 0.262 e. The summed E-state index contributed by atoms with van der Waals surface area (Å²) < 4.78 is 5.15. The third-order valence-electron chi connectivity index (χ3n) is 6.20. The van der Waals surface area contributed by atoms with E-state index in [0.717, 1.165) is 16.8 Å². The van der Waals surface area contributed by atoms with Gasteiger partial charge in [-0.15, -0.1) is 0 Å². The quantitative estimate of drug-likeness (QED) is 0.431. The van der Waals surface area contributed by atoms with E-state index in [9.17, 15) is 9.59 Å². The molecule has 1 N–H and O–H groups in total. The summed E-state index contributed by atoms with van der Waals surface area (Å²) in [7, 11) is 1.58. The van der Waals surface area contributed by atoms with Crippen LogP contribution in [0.1, 0.15) is 35.6 Å². The minimum absolute atomic E-state index is 0.00668. The van der Waals surface area contributed by atoms with Gasteiger partial charge in [0.2, 0.25) is 5.91 Å². The van der Waals surface area contributed by atoms with Crippen molar-refractivity contribution in [2.75, 3.05) is 12.4 Å². The molecule has 2 aliphatic heterocycles. The largest absolute Gasteiger partial charge is 0.497 e. The number of methoxy groups -OCH3 is 1. The molecule has 0 saturated carbocycles. The fourth-order valence-electron chi connectivity index (χ4n) is 4.24. The molecular weight excluding hydrogens is 508 g/mol. The number of halogens is 1. The van der Waals surface area contributed by atoms with Crippen LogP contribution in [-0.4, -0.2) is 40.1 Å². The molecule has 0 fully saturated rings. The molecule has 3 aromatic rings. The van der Waals surface area contributed by atoms with Gasteiger partial charge in [0.05, 0.1) is 18.9 Å². The number of aliphatic imine (C=N–C) groups is 1. The number of hydrogen-bond acceptors (Lipinski definition) is 6. The zero-order valence-corrected chi connectivity index (χ0v) is 21.9. The lowest BCUT2D eigenvalue weighted by Crippen LogP contribution is -2.25. The van der Waals surface area contributed by atoms with Gasteiger partial charge in [-0.2, -0.15) is 10.1 Å². The average Bonchev–Trinajstić information content (AvgIpc) is 3.49. The summed E-state index contributed by atoms with van der Waals surface area (Å²) in [6, 6.07) is 22.7. The second-order valence-electron chi connectivity index (χ2n) is 8.85. The van der Waals surface area contributed by atoms with Crippen LogP contribution in [-0.2, 0) is 9.59 Å². The molecule has 0 aromatic heterocycles. The van der Waals surface area contributed by atoms with Crippen LogP contribution in [0.4, 0.5) is 5.69 Å². The number of anilines is 1. The summed E-state index contributed by atoms with van der Waals surface area (Å²) in [6.45, 7) is 2.04. The number of rotatable bonds is 6. The van der Waals surface area contributed by atoms with Gasteiger partial charge in [-0.05, 0) is 54.4 Å². The standard InChI is InChI=1S/C28H25ClN4O3S/c1-17-6-8-18(9-7-17)23-15-24(19-4-3-5-20(29)14-19)33(32-23)28-31-27(35)25(37-28)16-26(34)30-21-10-12-22(36-2)13-11-21/h3-14,24-25H,15-16H2,1-2H3,(H,30,34)/t24-,25-/m0/s1. The zero-order chi connectivity index (χ0) is 25.9. The Morgan fingerprint density at radius 3 is 2.59 bits per heavy atom. The molecule has 2 heterocycles. The van der Waals surface area contributed by atoms with Crippen molar-refractivity contribution >= 4 is 51.7 Å². The number of carbonyl (C=O) groups is 2. The Hall–Kier alpha value is -3.62. The second kappa shape index (κ2) is 10.8. The first-order valence-corrected chi connectivity index (χ1v) is 13.1. The molecule has 9 heteroatoms. The van der Waals surface area contributed by atoms with Gasteiger partial charge >= 0.3 is 0 Å². The minimum Gasteiger partial charge on any atom is -0.497 e. The van der Waals surface area contributed by atoms with Gasteiger partial charge in [0, 0.05) is 23.6 Å². The highest BCUT2D eigenvalue weighted by Gasteiger charge is 2.39. The van der Waals surface area contributed by atoms with E-state index in [1.807, 2.05) is 43.3 Å². The number of ether oxygens (including phenoxy) is 1. The maximum atomic E-state index is 12.8. The van der Waals surface area contributed by atoms with E-state index in [0.29, 0.717) is 28.0 Å². The zero-order valence-electron chi connectivity index (χ0n) is 20.3. The molecule has 0 saturated heterocycles. The fraction of sp³-hybridized carbons (Fsp3) is 0.214. The van der Waals surface area contributed by atoms with Crippen molar-refractivity contribution in [3.8, 4) is 5.75 Å². The van der Waals surface area contributed by atoms with Crippen molar-refractivity contribution in [1.29, 1.82) is 0 Å². The van der Waals surface area contributed by atoms with Crippen molar-refractivity contribution in [2.24, 2.45) is 10.1 Å². The Morgan fingerprint density at radius 1 is 1.14 bits per heavy atom. The smallest absolute Gasteiger partial charge is 0.262 e. The van der Waals surface area contributed by atoms with Gasteiger partial charge in [0.25, 0.3) is 5.91 Å². The van der Waals surface area contributed by atoms with E-state index in [-0.39, 0.29) is 24.3 Å². The van der Waals surface area contributed by atoms with Crippen molar-refractivity contribution in [2.45, 2.75) is 31.1 Å². The number of nitrogens with one attached hydrogen (secondary N) is 1. The Morgan fingerprint density at radius 2 is 1.89 bits per heavy atom. The Bertz CT molecular complexity index is 1390. The molecule has 2 atom stereocenters. The molecule has 0 bridgehead atoms. The molecule has 7 nitrogen and oxygen atoms in total. The summed E-state index contributed by atoms with van der Waals surface area (Å²) in [5, 5.41) is 10.0. The van der Waals surface area contributed by atoms with Crippen LogP contribution in [0.3, 0.4) is 0 Å². The van der Waals surface area contributed by atoms with Crippen LogP contribution in [0.15, 0.2) is 82.9 Å². The number of nitrogens with zero attached hydrogens (tertiary/aromatic N) is 3. The summed E-state index contributed by atoms with van der Waals surface area (Å²) in [6.07, 6.45) is 0.645. The van der Waals surface area contributed by atoms with Gasteiger partial charge in [0.15, 0.2) is 5.17 Å². The highest BCUT2D eigenvalue weighted by atomic mass is 35.5. The van der Waals surface area contributed by atoms with Crippen LogP contribution in [0.2, 0.25) is 5.02 Å². The normalized spacial score (nSPS) is 19.0. The SMILES string of the molecule is COc1ccc(NC(=O)C[C@@H]2SC(N3N=C(c4ccc(C)cc4)C[C@H]3c3cccc(Cl)c3)=NC2=O)cc1. The lowest BCUT2D eigenvalue weighted by Gasteiger charge is -2.23. The second-order valence-corrected chi connectivity index (χ2v) is 10.5. The molecule has 2 amide bonds. The number of amides is 2. The van der Waals surface area contributed by atoms with Crippen LogP contribution >= 0.6 is 23.4 Å². The number of hydrogen-bond donors (Lipinski definition) is 1. The van der Waals surface area contributed by atoms with Gasteiger partial charge in [-0.25, -0.2) is 5.01 Å². The predicted molar refractivity (Wildman–Crippen MR) is 148 cm³/mol. The third kappa shape index (κ3) is 5.70.